The van der Waals surface area contributed by atoms with Gasteiger partial charge in [0.25, 0.3) is 0 Å². The standard InChI is InChI=1S/C11H14FN5O/c1-18-9-3-2-6(4-8(9)12)10(16-14)7-5-15-17-11(7)13/h2-5,10,16H,14H2,1H3,(H3,13,15,17). The van der Waals surface area contributed by atoms with E-state index in [1.165, 1.54) is 19.2 Å². The first kappa shape index (κ1) is 12.3. The van der Waals surface area contributed by atoms with Crippen molar-refractivity contribution in [3.63, 3.8) is 0 Å². The quantitative estimate of drug-likeness (QED) is 0.473. The number of nitrogens with two attached hydrogens (primary N) is 2. The van der Waals surface area contributed by atoms with Crippen LogP contribution in [0.15, 0.2) is 24.4 Å². The Bertz CT molecular complexity index is 542. The van der Waals surface area contributed by atoms with E-state index >= 15 is 0 Å². The second-order valence-electron chi connectivity index (χ2n) is 3.73. The molecule has 0 spiro atoms. The summed E-state index contributed by atoms with van der Waals surface area (Å²) in [5, 5.41) is 6.41. The Hall–Kier alpha value is -2.12. The van der Waals surface area contributed by atoms with E-state index in [0.29, 0.717) is 16.9 Å². The molecule has 1 atom stereocenters. The summed E-state index contributed by atoms with van der Waals surface area (Å²) in [4.78, 5) is 0. The molecule has 7 heteroatoms. The summed E-state index contributed by atoms with van der Waals surface area (Å²) < 4.78 is 18.5. The number of ether oxygens (including phenoxy) is 1. The van der Waals surface area contributed by atoms with Crippen molar-refractivity contribution in [1.29, 1.82) is 0 Å². The first-order valence-corrected chi connectivity index (χ1v) is 5.25. The molecule has 0 fully saturated rings. The number of benzene rings is 1. The highest BCUT2D eigenvalue weighted by atomic mass is 19.1. The molecule has 2 rings (SSSR count). The van der Waals surface area contributed by atoms with Crippen LogP contribution in [0, 0.1) is 5.82 Å². The Balaban J connectivity index is 2.40. The van der Waals surface area contributed by atoms with Crippen molar-refractivity contribution in [2.45, 2.75) is 6.04 Å². The van der Waals surface area contributed by atoms with Gasteiger partial charge in [0, 0.05) is 5.56 Å². The molecule has 96 valence electrons. The Morgan fingerprint density at radius 2 is 2.28 bits per heavy atom. The summed E-state index contributed by atoms with van der Waals surface area (Å²) in [5.41, 5.74) is 9.58. The molecule has 1 unspecified atom stereocenters. The summed E-state index contributed by atoms with van der Waals surface area (Å²) in [6.45, 7) is 0. The lowest BCUT2D eigenvalue weighted by molar-refractivity contribution is 0.385. The second-order valence-corrected chi connectivity index (χ2v) is 3.73. The number of hydrogen-bond acceptors (Lipinski definition) is 5. The van der Waals surface area contributed by atoms with Gasteiger partial charge in [-0.05, 0) is 17.7 Å². The number of anilines is 1. The number of H-pyrrole nitrogens is 1. The van der Waals surface area contributed by atoms with Gasteiger partial charge in [-0.25, -0.2) is 9.82 Å². The number of nitrogens with zero attached hydrogens (tertiary/aromatic N) is 1. The number of halogens is 1. The van der Waals surface area contributed by atoms with E-state index in [4.69, 9.17) is 16.3 Å². The van der Waals surface area contributed by atoms with Gasteiger partial charge in [0.2, 0.25) is 0 Å². The molecule has 0 radical (unpaired) electrons. The van der Waals surface area contributed by atoms with Crippen molar-refractivity contribution >= 4 is 5.82 Å². The number of nitrogens with one attached hydrogen (secondary N) is 2. The molecular formula is C11H14FN5O. The zero-order valence-electron chi connectivity index (χ0n) is 9.77. The molecule has 0 aliphatic heterocycles. The van der Waals surface area contributed by atoms with Crippen LogP contribution < -0.4 is 21.7 Å². The highest BCUT2D eigenvalue weighted by Crippen LogP contribution is 2.27. The maximum atomic E-state index is 13.6. The second kappa shape index (κ2) is 5.03. The van der Waals surface area contributed by atoms with Crippen molar-refractivity contribution in [2.24, 2.45) is 5.84 Å². The van der Waals surface area contributed by atoms with Crippen LogP contribution >= 0.6 is 0 Å². The van der Waals surface area contributed by atoms with Crippen LogP contribution in [0.5, 0.6) is 5.75 Å². The normalized spacial score (nSPS) is 12.4. The first-order valence-electron chi connectivity index (χ1n) is 5.25. The molecule has 2 aromatic rings. The number of rotatable bonds is 4. The minimum absolute atomic E-state index is 0.176. The highest BCUT2D eigenvalue weighted by molar-refractivity contribution is 5.45. The fourth-order valence-corrected chi connectivity index (χ4v) is 1.76. The number of nitrogen functional groups attached to an aromatic ring is 1. The number of hydrogen-bond donors (Lipinski definition) is 4. The molecule has 0 amide bonds. The topological polar surface area (TPSA) is 102 Å². The average Bonchev–Trinajstić information content (AvgIpc) is 2.77. The van der Waals surface area contributed by atoms with E-state index in [1.807, 2.05) is 0 Å². The van der Waals surface area contributed by atoms with E-state index in [1.54, 1.807) is 12.3 Å². The Labute approximate surface area is 103 Å². The minimum atomic E-state index is -0.461. The number of hydrazine groups is 1. The third-order valence-corrected chi connectivity index (χ3v) is 2.69. The Kier molecular flexibility index (Phi) is 3.45. The Morgan fingerprint density at radius 1 is 1.50 bits per heavy atom. The predicted octanol–water partition coefficient (Wildman–Crippen LogP) is 0.692. The first-order chi connectivity index (χ1) is 8.67. The third-order valence-electron chi connectivity index (χ3n) is 2.69. The van der Waals surface area contributed by atoms with Gasteiger partial charge < -0.3 is 10.5 Å². The van der Waals surface area contributed by atoms with Gasteiger partial charge in [-0.1, -0.05) is 6.07 Å². The monoisotopic (exact) mass is 251 g/mol. The Morgan fingerprint density at radius 3 is 2.78 bits per heavy atom. The van der Waals surface area contributed by atoms with E-state index in [2.05, 4.69) is 15.6 Å². The van der Waals surface area contributed by atoms with Gasteiger partial charge in [-0.2, -0.15) is 5.10 Å². The maximum Gasteiger partial charge on any atom is 0.165 e. The number of methoxy groups -OCH3 is 1. The van der Waals surface area contributed by atoms with Gasteiger partial charge >= 0.3 is 0 Å². The number of aromatic amines is 1. The van der Waals surface area contributed by atoms with Crippen LogP contribution in [0.3, 0.4) is 0 Å². The van der Waals surface area contributed by atoms with Gasteiger partial charge in [-0.15, -0.1) is 0 Å². The van der Waals surface area contributed by atoms with Crippen LogP contribution in [0.4, 0.5) is 10.2 Å². The average molecular weight is 251 g/mol. The van der Waals surface area contributed by atoms with Gasteiger partial charge in [0.15, 0.2) is 11.6 Å². The van der Waals surface area contributed by atoms with Gasteiger partial charge in [0.1, 0.15) is 5.82 Å². The van der Waals surface area contributed by atoms with Crippen LogP contribution in [0.2, 0.25) is 0 Å². The minimum Gasteiger partial charge on any atom is -0.494 e. The highest BCUT2D eigenvalue weighted by Gasteiger charge is 2.18. The lowest BCUT2D eigenvalue weighted by Crippen LogP contribution is -2.29. The van der Waals surface area contributed by atoms with E-state index in [-0.39, 0.29) is 5.75 Å². The third kappa shape index (κ3) is 2.13. The fourth-order valence-electron chi connectivity index (χ4n) is 1.76. The zero-order valence-corrected chi connectivity index (χ0v) is 9.77. The van der Waals surface area contributed by atoms with Crippen molar-refractivity contribution in [3.8, 4) is 5.75 Å². The molecule has 0 bridgehead atoms. The molecular weight excluding hydrogens is 237 g/mol. The predicted molar refractivity (Wildman–Crippen MR) is 65.1 cm³/mol. The smallest absolute Gasteiger partial charge is 0.165 e. The van der Waals surface area contributed by atoms with Gasteiger partial charge in [0.05, 0.1) is 19.3 Å². The molecule has 0 saturated carbocycles. The summed E-state index contributed by atoms with van der Waals surface area (Å²) in [6.07, 6.45) is 1.54. The maximum absolute atomic E-state index is 13.6. The van der Waals surface area contributed by atoms with Crippen LogP contribution in [-0.2, 0) is 0 Å². The molecule has 6 nitrogen and oxygen atoms in total. The molecule has 0 aliphatic carbocycles. The molecule has 6 N–H and O–H groups in total. The molecule has 1 aromatic heterocycles. The largest absolute Gasteiger partial charge is 0.494 e. The summed E-state index contributed by atoms with van der Waals surface area (Å²) in [6, 6.07) is 4.14. The van der Waals surface area contributed by atoms with E-state index in [9.17, 15) is 4.39 Å². The molecule has 0 aliphatic rings. The van der Waals surface area contributed by atoms with Crippen LogP contribution in [0.1, 0.15) is 17.2 Å². The van der Waals surface area contributed by atoms with E-state index < -0.39 is 11.9 Å². The van der Waals surface area contributed by atoms with Crippen molar-refractivity contribution in [1.82, 2.24) is 15.6 Å². The molecule has 1 aromatic carbocycles. The molecule has 1 heterocycles. The van der Waals surface area contributed by atoms with Crippen molar-refractivity contribution in [2.75, 3.05) is 12.8 Å². The van der Waals surface area contributed by atoms with Crippen LogP contribution in [-0.4, -0.2) is 17.3 Å². The molecule has 0 saturated heterocycles. The molecule has 18 heavy (non-hydrogen) atoms. The van der Waals surface area contributed by atoms with E-state index in [0.717, 1.165) is 0 Å². The van der Waals surface area contributed by atoms with Gasteiger partial charge in [-0.3, -0.25) is 10.9 Å². The van der Waals surface area contributed by atoms with Crippen molar-refractivity contribution in [3.05, 3.63) is 41.3 Å². The summed E-state index contributed by atoms with van der Waals surface area (Å²) in [5.74, 6) is 5.58. The summed E-state index contributed by atoms with van der Waals surface area (Å²) in [7, 11) is 1.41. The lowest BCUT2D eigenvalue weighted by Gasteiger charge is -2.16. The van der Waals surface area contributed by atoms with Crippen molar-refractivity contribution < 1.29 is 9.13 Å². The fraction of sp³-hybridized carbons (Fsp3) is 0.182. The van der Waals surface area contributed by atoms with Crippen LogP contribution in [0.25, 0.3) is 0 Å². The number of aromatic nitrogens is 2. The zero-order chi connectivity index (χ0) is 13.1. The summed E-state index contributed by atoms with van der Waals surface area (Å²) >= 11 is 0. The lowest BCUT2D eigenvalue weighted by atomic mass is 10.0. The SMILES string of the molecule is COc1ccc(C(NN)c2cn[nH]c2N)cc1F.